The van der Waals surface area contributed by atoms with E-state index in [0.717, 1.165) is 12.8 Å². The monoisotopic (exact) mass is 230 g/mol. The number of aliphatic hydroxyl groups is 1. The first-order chi connectivity index (χ1) is 7.41. The lowest BCUT2D eigenvalue weighted by atomic mass is 10.1. The van der Waals surface area contributed by atoms with Gasteiger partial charge in [-0.05, 0) is 33.9 Å². The normalized spacial score (nSPS) is 24.4. The number of carbonyl (C=O) groups is 1. The Morgan fingerprint density at radius 1 is 1.62 bits per heavy atom. The molecule has 0 aromatic heterocycles. The van der Waals surface area contributed by atoms with Crippen molar-refractivity contribution in [2.24, 2.45) is 0 Å². The van der Waals surface area contributed by atoms with Gasteiger partial charge in [-0.2, -0.15) is 0 Å². The van der Waals surface area contributed by atoms with Crippen LogP contribution in [0.1, 0.15) is 19.8 Å². The van der Waals surface area contributed by atoms with Crippen LogP contribution in [0.4, 0.5) is 0 Å². The van der Waals surface area contributed by atoms with Gasteiger partial charge in [-0.1, -0.05) is 0 Å². The summed E-state index contributed by atoms with van der Waals surface area (Å²) in [7, 11) is 3.77. The molecule has 5 heteroatoms. The molecule has 1 heterocycles. The second-order valence-corrected chi connectivity index (χ2v) is 4.95. The second-order valence-electron chi connectivity index (χ2n) is 4.95. The van der Waals surface area contributed by atoms with E-state index in [9.17, 15) is 9.90 Å². The second kappa shape index (κ2) is 5.61. The maximum Gasteiger partial charge on any atom is 0.249 e. The molecule has 5 nitrogen and oxygen atoms in total. The van der Waals surface area contributed by atoms with Crippen LogP contribution in [-0.2, 0) is 9.53 Å². The van der Waals surface area contributed by atoms with Crippen LogP contribution in [0.3, 0.4) is 0 Å². The van der Waals surface area contributed by atoms with Crippen LogP contribution in [0, 0.1) is 0 Å². The maximum atomic E-state index is 11.6. The Morgan fingerprint density at radius 3 is 2.81 bits per heavy atom. The molecule has 0 radical (unpaired) electrons. The maximum absolute atomic E-state index is 11.6. The molecule has 0 aromatic carbocycles. The third-order valence-electron chi connectivity index (χ3n) is 2.52. The van der Waals surface area contributed by atoms with Crippen LogP contribution in [0.25, 0.3) is 0 Å². The van der Waals surface area contributed by atoms with Crippen molar-refractivity contribution in [3.8, 4) is 0 Å². The van der Waals surface area contributed by atoms with E-state index in [1.165, 1.54) is 0 Å². The van der Waals surface area contributed by atoms with Crippen LogP contribution in [0.5, 0.6) is 0 Å². The molecule has 0 aromatic rings. The van der Waals surface area contributed by atoms with Gasteiger partial charge in [0.25, 0.3) is 0 Å². The Labute approximate surface area is 96.8 Å². The molecule has 94 valence electrons. The van der Waals surface area contributed by atoms with Crippen molar-refractivity contribution >= 4 is 5.91 Å². The molecule has 1 unspecified atom stereocenters. The number of hydrogen-bond acceptors (Lipinski definition) is 4. The van der Waals surface area contributed by atoms with Crippen molar-refractivity contribution in [3.05, 3.63) is 0 Å². The minimum Gasteiger partial charge on any atom is -0.387 e. The Hall–Kier alpha value is -0.650. The van der Waals surface area contributed by atoms with E-state index < -0.39 is 5.60 Å². The molecule has 1 aliphatic rings. The summed E-state index contributed by atoms with van der Waals surface area (Å²) in [5.74, 6) is -0.114. The molecule has 0 aliphatic carbocycles. The zero-order chi connectivity index (χ0) is 12.2. The number of likely N-dealkylation sites (N-methyl/N-ethyl adjacent to an activating group) is 1. The highest BCUT2D eigenvalue weighted by atomic mass is 16.5. The number of carbonyl (C=O) groups excluding carboxylic acids is 1. The van der Waals surface area contributed by atoms with E-state index >= 15 is 0 Å². The number of amides is 1. The molecule has 1 aliphatic heterocycles. The zero-order valence-electron chi connectivity index (χ0n) is 10.3. The minimum atomic E-state index is -0.905. The smallest absolute Gasteiger partial charge is 0.249 e. The van der Waals surface area contributed by atoms with Crippen LogP contribution in [-0.4, -0.2) is 61.4 Å². The van der Waals surface area contributed by atoms with Crippen molar-refractivity contribution < 1.29 is 14.6 Å². The SMILES string of the molecule is CN(C)CC(C)(O)CNC(=O)[C@H]1CCCO1. The summed E-state index contributed by atoms with van der Waals surface area (Å²) in [6.07, 6.45) is 1.39. The van der Waals surface area contributed by atoms with Gasteiger partial charge in [-0.3, -0.25) is 4.79 Å². The van der Waals surface area contributed by atoms with Crippen LogP contribution in [0.15, 0.2) is 0 Å². The summed E-state index contributed by atoms with van der Waals surface area (Å²) in [6.45, 7) is 3.14. The highest BCUT2D eigenvalue weighted by Crippen LogP contribution is 2.12. The van der Waals surface area contributed by atoms with Crippen molar-refractivity contribution in [2.75, 3.05) is 33.8 Å². The molecule has 1 amide bonds. The van der Waals surface area contributed by atoms with E-state index in [-0.39, 0.29) is 18.6 Å². The Morgan fingerprint density at radius 2 is 2.31 bits per heavy atom. The fourth-order valence-corrected chi connectivity index (χ4v) is 1.91. The highest BCUT2D eigenvalue weighted by molar-refractivity contribution is 5.81. The van der Waals surface area contributed by atoms with Crippen LogP contribution in [0.2, 0.25) is 0 Å². The van der Waals surface area contributed by atoms with E-state index in [2.05, 4.69) is 5.32 Å². The molecule has 0 bridgehead atoms. The van der Waals surface area contributed by atoms with Gasteiger partial charge in [0.1, 0.15) is 6.10 Å². The summed E-state index contributed by atoms with van der Waals surface area (Å²) in [5.41, 5.74) is -0.905. The fourth-order valence-electron chi connectivity index (χ4n) is 1.91. The molecule has 1 rings (SSSR count). The molecular weight excluding hydrogens is 208 g/mol. The number of nitrogens with zero attached hydrogens (tertiary/aromatic N) is 1. The van der Waals surface area contributed by atoms with Crippen LogP contribution < -0.4 is 5.32 Å². The standard InChI is InChI=1S/C11H22N2O3/c1-11(15,8-13(2)3)7-12-10(14)9-5-4-6-16-9/h9,15H,4-8H2,1-3H3,(H,12,14)/t9-,11?/m1/s1. The van der Waals surface area contributed by atoms with Crippen LogP contribution >= 0.6 is 0 Å². The van der Waals surface area contributed by atoms with Crippen molar-refractivity contribution in [1.82, 2.24) is 10.2 Å². The zero-order valence-corrected chi connectivity index (χ0v) is 10.3. The van der Waals surface area contributed by atoms with Gasteiger partial charge in [-0.25, -0.2) is 0 Å². The van der Waals surface area contributed by atoms with Gasteiger partial charge in [0, 0.05) is 19.7 Å². The first-order valence-corrected chi connectivity index (χ1v) is 5.67. The fraction of sp³-hybridized carbons (Fsp3) is 0.909. The predicted octanol–water partition coefficient (Wildman–Crippen LogP) is -0.406. The van der Waals surface area contributed by atoms with Gasteiger partial charge in [-0.15, -0.1) is 0 Å². The third kappa shape index (κ3) is 4.47. The molecule has 0 saturated carbocycles. The first kappa shape index (κ1) is 13.4. The largest absolute Gasteiger partial charge is 0.387 e. The summed E-state index contributed by atoms with van der Waals surface area (Å²) < 4.78 is 5.26. The van der Waals surface area contributed by atoms with Gasteiger partial charge >= 0.3 is 0 Å². The summed E-state index contributed by atoms with van der Waals surface area (Å²) in [5, 5.41) is 12.7. The summed E-state index contributed by atoms with van der Waals surface area (Å²) >= 11 is 0. The average molecular weight is 230 g/mol. The lowest BCUT2D eigenvalue weighted by Gasteiger charge is -2.27. The van der Waals surface area contributed by atoms with E-state index in [0.29, 0.717) is 13.2 Å². The summed E-state index contributed by atoms with van der Waals surface area (Å²) in [4.78, 5) is 13.5. The van der Waals surface area contributed by atoms with E-state index in [1.807, 2.05) is 19.0 Å². The van der Waals surface area contributed by atoms with Gasteiger partial charge in [0.05, 0.1) is 5.60 Å². The van der Waals surface area contributed by atoms with Gasteiger partial charge < -0.3 is 20.1 Å². The average Bonchev–Trinajstić information content (AvgIpc) is 2.64. The predicted molar refractivity (Wildman–Crippen MR) is 61.2 cm³/mol. The third-order valence-corrected chi connectivity index (χ3v) is 2.52. The number of hydrogen-bond donors (Lipinski definition) is 2. The molecule has 1 fully saturated rings. The molecule has 16 heavy (non-hydrogen) atoms. The Balaban J connectivity index is 2.29. The molecule has 2 N–H and O–H groups in total. The van der Waals surface area contributed by atoms with Crippen molar-refractivity contribution in [2.45, 2.75) is 31.5 Å². The summed E-state index contributed by atoms with van der Waals surface area (Å²) in [6, 6.07) is 0. The molecular formula is C11H22N2O3. The lowest BCUT2D eigenvalue weighted by Crippen LogP contribution is -2.49. The first-order valence-electron chi connectivity index (χ1n) is 5.67. The highest BCUT2D eigenvalue weighted by Gasteiger charge is 2.27. The Kier molecular flexibility index (Phi) is 4.70. The molecule has 2 atom stereocenters. The van der Waals surface area contributed by atoms with Crippen molar-refractivity contribution in [3.63, 3.8) is 0 Å². The van der Waals surface area contributed by atoms with E-state index in [4.69, 9.17) is 4.74 Å². The topological polar surface area (TPSA) is 61.8 Å². The minimum absolute atomic E-state index is 0.114. The number of ether oxygens (including phenoxy) is 1. The lowest BCUT2D eigenvalue weighted by molar-refractivity contribution is -0.131. The molecule has 0 spiro atoms. The number of rotatable bonds is 5. The van der Waals surface area contributed by atoms with Gasteiger partial charge in [0.15, 0.2) is 0 Å². The van der Waals surface area contributed by atoms with Gasteiger partial charge in [0.2, 0.25) is 5.91 Å². The quantitative estimate of drug-likeness (QED) is 0.674. The number of nitrogens with one attached hydrogen (secondary N) is 1. The van der Waals surface area contributed by atoms with Crippen molar-refractivity contribution in [1.29, 1.82) is 0 Å². The van der Waals surface area contributed by atoms with E-state index in [1.54, 1.807) is 6.92 Å². The molecule has 1 saturated heterocycles. The Bertz CT molecular complexity index is 235.